The minimum Gasteiger partial charge on any atom is -0.383 e. The molecule has 0 aliphatic heterocycles. The van der Waals surface area contributed by atoms with Gasteiger partial charge in [0.05, 0.1) is 23.2 Å². The van der Waals surface area contributed by atoms with Crippen LogP contribution in [0.3, 0.4) is 0 Å². The Balaban J connectivity index is 2.74. The van der Waals surface area contributed by atoms with Crippen LogP contribution in [0.1, 0.15) is 10.4 Å². The molecule has 1 aromatic rings. The molecule has 1 rings (SSSR count). The summed E-state index contributed by atoms with van der Waals surface area (Å²) < 4.78 is 4.85. The molecular formula is C12H15BrN2O3. The fraction of sp³-hybridized carbons (Fsp3) is 0.333. The van der Waals surface area contributed by atoms with Gasteiger partial charge in [-0.2, -0.15) is 0 Å². The van der Waals surface area contributed by atoms with Crippen LogP contribution < -0.4 is 10.6 Å². The number of carbonyl (C=O) groups excluding carboxylic acids is 2. The van der Waals surface area contributed by atoms with Crippen LogP contribution in [0.4, 0.5) is 5.69 Å². The number of carbonyl (C=O) groups is 2. The maximum absolute atomic E-state index is 11.9. The van der Waals surface area contributed by atoms with Crippen molar-refractivity contribution in [3.8, 4) is 0 Å². The summed E-state index contributed by atoms with van der Waals surface area (Å²) in [6.07, 6.45) is 0. The molecule has 0 radical (unpaired) electrons. The monoisotopic (exact) mass is 314 g/mol. The summed E-state index contributed by atoms with van der Waals surface area (Å²) in [6, 6.07) is 6.85. The maximum atomic E-state index is 11.9. The summed E-state index contributed by atoms with van der Waals surface area (Å²) in [4.78, 5) is 23.2. The maximum Gasteiger partial charge on any atom is 0.253 e. The lowest BCUT2D eigenvalue weighted by atomic mass is 10.1. The van der Waals surface area contributed by atoms with Crippen molar-refractivity contribution in [1.82, 2.24) is 5.32 Å². The molecule has 2 N–H and O–H groups in total. The van der Waals surface area contributed by atoms with E-state index >= 15 is 0 Å². The van der Waals surface area contributed by atoms with Gasteiger partial charge in [0.2, 0.25) is 5.91 Å². The third kappa shape index (κ3) is 4.46. The molecule has 2 amide bonds. The molecule has 0 heterocycles. The average Bonchev–Trinajstić information content (AvgIpc) is 2.39. The number of rotatable bonds is 6. The predicted octanol–water partition coefficient (Wildman–Crippen LogP) is 1.40. The van der Waals surface area contributed by atoms with E-state index in [9.17, 15) is 9.59 Å². The van der Waals surface area contributed by atoms with Crippen LogP contribution in [0.2, 0.25) is 0 Å². The van der Waals surface area contributed by atoms with Crippen molar-refractivity contribution in [3.63, 3.8) is 0 Å². The second kappa shape index (κ2) is 7.84. The van der Waals surface area contributed by atoms with Crippen LogP contribution in [0, 0.1) is 0 Å². The Hall–Kier alpha value is -1.40. The highest BCUT2D eigenvalue weighted by Gasteiger charge is 2.11. The van der Waals surface area contributed by atoms with Crippen LogP contribution in [0.5, 0.6) is 0 Å². The molecule has 18 heavy (non-hydrogen) atoms. The van der Waals surface area contributed by atoms with Crippen LogP contribution in [-0.2, 0) is 9.53 Å². The number of anilines is 1. The minimum atomic E-state index is -0.238. The zero-order chi connectivity index (χ0) is 13.4. The van der Waals surface area contributed by atoms with Crippen molar-refractivity contribution in [3.05, 3.63) is 29.8 Å². The molecule has 0 saturated carbocycles. The summed E-state index contributed by atoms with van der Waals surface area (Å²) in [6.45, 7) is 0.873. The van der Waals surface area contributed by atoms with Gasteiger partial charge in [-0.25, -0.2) is 0 Å². The van der Waals surface area contributed by atoms with Gasteiger partial charge in [0.15, 0.2) is 0 Å². The quantitative estimate of drug-likeness (QED) is 0.616. The lowest BCUT2D eigenvalue weighted by molar-refractivity contribution is -0.113. The number of amides is 2. The molecule has 0 spiro atoms. The summed E-state index contributed by atoms with van der Waals surface area (Å²) in [5.41, 5.74) is 0.930. The molecule has 6 heteroatoms. The van der Waals surface area contributed by atoms with Gasteiger partial charge < -0.3 is 15.4 Å². The van der Waals surface area contributed by atoms with Crippen molar-refractivity contribution >= 4 is 33.4 Å². The second-order valence-corrected chi connectivity index (χ2v) is 4.04. The predicted molar refractivity (Wildman–Crippen MR) is 73.1 cm³/mol. The van der Waals surface area contributed by atoms with Gasteiger partial charge in [0.25, 0.3) is 5.91 Å². The van der Waals surface area contributed by atoms with Gasteiger partial charge in [-0.05, 0) is 12.1 Å². The highest BCUT2D eigenvalue weighted by Crippen LogP contribution is 2.14. The highest BCUT2D eigenvalue weighted by atomic mass is 79.9. The van der Waals surface area contributed by atoms with E-state index in [0.717, 1.165) is 0 Å². The molecule has 0 aromatic heterocycles. The van der Waals surface area contributed by atoms with E-state index < -0.39 is 0 Å². The summed E-state index contributed by atoms with van der Waals surface area (Å²) in [7, 11) is 1.57. The zero-order valence-electron chi connectivity index (χ0n) is 10.0. The number of methoxy groups -OCH3 is 1. The van der Waals surface area contributed by atoms with E-state index in [-0.39, 0.29) is 17.1 Å². The number of hydrogen-bond acceptors (Lipinski definition) is 3. The van der Waals surface area contributed by atoms with Gasteiger partial charge in [-0.15, -0.1) is 0 Å². The fourth-order valence-electron chi connectivity index (χ4n) is 1.34. The number of hydrogen-bond donors (Lipinski definition) is 2. The van der Waals surface area contributed by atoms with E-state index in [2.05, 4.69) is 26.6 Å². The topological polar surface area (TPSA) is 67.4 Å². The standard InChI is InChI=1S/C12H15BrN2O3/c1-18-7-6-14-12(17)9-4-2-3-5-10(9)15-11(16)8-13/h2-5H,6-8H2,1H3,(H,14,17)(H,15,16). The normalized spacial score (nSPS) is 9.89. The lowest BCUT2D eigenvalue weighted by Crippen LogP contribution is -2.28. The molecule has 1 aromatic carbocycles. The summed E-state index contributed by atoms with van der Waals surface area (Å²) in [5.74, 6) is -0.440. The summed E-state index contributed by atoms with van der Waals surface area (Å²) >= 11 is 3.06. The van der Waals surface area contributed by atoms with Crippen molar-refractivity contribution in [2.24, 2.45) is 0 Å². The average molecular weight is 315 g/mol. The molecular weight excluding hydrogens is 300 g/mol. The van der Waals surface area contributed by atoms with Crippen LogP contribution in [0.25, 0.3) is 0 Å². The largest absolute Gasteiger partial charge is 0.383 e. The van der Waals surface area contributed by atoms with Crippen molar-refractivity contribution in [2.75, 3.05) is 30.9 Å². The van der Waals surface area contributed by atoms with Crippen molar-refractivity contribution in [2.45, 2.75) is 0 Å². The third-order valence-corrected chi connectivity index (χ3v) is 2.67. The van der Waals surface area contributed by atoms with Crippen molar-refractivity contribution < 1.29 is 14.3 Å². The molecule has 5 nitrogen and oxygen atoms in total. The fourth-order valence-corrected chi connectivity index (χ4v) is 1.48. The lowest BCUT2D eigenvalue weighted by Gasteiger charge is -2.10. The number of ether oxygens (including phenoxy) is 1. The number of benzene rings is 1. The number of para-hydroxylation sites is 1. The number of halogens is 1. The number of nitrogens with one attached hydrogen (secondary N) is 2. The molecule has 0 saturated heterocycles. The van der Waals surface area contributed by atoms with Crippen LogP contribution in [-0.4, -0.2) is 37.4 Å². The van der Waals surface area contributed by atoms with Gasteiger partial charge in [-0.3, -0.25) is 9.59 Å². The smallest absolute Gasteiger partial charge is 0.253 e. The molecule has 0 aliphatic rings. The number of alkyl halides is 1. The Labute approximate surface area is 114 Å². The molecule has 0 unspecified atom stereocenters. The SMILES string of the molecule is COCCNC(=O)c1ccccc1NC(=O)CBr. The second-order valence-electron chi connectivity index (χ2n) is 3.48. The Kier molecular flexibility index (Phi) is 6.38. The Morgan fingerprint density at radius 3 is 2.72 bits per heavy atom. The highest BCUT2D eigenvalue weighted by molar-refractivity contribution is 9.09. The van der Waals surface area contributed by atoms with E-state index in [1.807, 2.05) is 0 Å². The first kappa shape index (κ1) is 14.7. The first-order chi connectivity index (χ1) is 8.69. The van der Waals surface area contributed by atoms with E-state index in [4.69, 9.17) is 4.74 Å². The Bertz CT molecular complexity index is 424. The zero-order valence-corrected chi connectivity index (χ0v) is 11.6. The van der Waals surface area contributed by atoms with Gasteiger partial charge in [-0.1, -0.05) is 28.1 Å². The van der Waals surface area contributed by atoms with Gasteiger partial charge in [0, 0.05) is 13.7 Å². The third-order valence-electron chi connectivity index (χ3n) is 2.16. The van der Waals surface area contributed by atoms with Crippen LogP contribution in [0.15, 0.2) is 24.3 Å². The van der Waals surface area contributed by atoms with E-state index in [1.54, 1.807) is 31.4 Å². The Morgan fingerprint density at radius 2 is 2.06 bits per heavy atom. The molecule has 98 valence electrons. The first-order valence-electron chi connectivity index (χ1n) is 5.41. The minimum absolute atomic E-state index is 0.187. The van der Waals surface area contributed by atoms with Crippen LogP contribution >= 0.6 is 15.9 Å². The van der Waals surface area contributed by atoms with Crippen molar-refractivity contribution in [1.29, 1.82) is 0 Å². The molecule has 0 atom stereocenters. The summed E-state index contributed by atoms with van der Waals surface area (Å²) in [5, 5.41) is 5.55. The van der Waals surface area contributed by atoms with E-state index in [1.165, 1.54) is 0 Å². The van der Waals surface area contributed by atoms with Gasteiger partial charge in [0.1, 0.15) is 0 Å². The molecule has 0 aliphatic carbocycles. The van der Waals surface area contributed by atoms with Gasteiger partial charge >= 0.3 is 0 Å². The first-order valence-corrected chi connectivity index (χ1v) is 6.53. The van der Waals surface area contributed by atoms with E-state index in [0.29, 0.717) is 24.4 Å². The molecule has 0 bridgehead atoms. The Morgan fingerprint density at radius 1 is 1.33 bits per heavy atom. The molecule has 0 fully saturated rings.